The maximum atomic E-state index is 12.4. The lowest BCUT2D eigenvalue weighted by Crippen LogP contribution is -2.48. The van der Waals surface area contributed by atoms with Crippen LogP contribution in [0.1, 0.15) is 26.7 Å². The monoisotopic (exact) mass is 263 g/mol. The van der Waals surface area contributed by atoms with Crippen molar-refractivity contribution in [1.29, 1.82) is 5.26 Å². The van der Waals surface area contributed by atoms with Crippen LogP contribution in [0.4, 0.5) is 0 Å². The average Bonchev–Trinajstić information content (AvgIpc) is 2.86. The van der Waals surface area contributed by atoms with E-state index in [0.29, 0.717) is 13.1 Å². The summed E-state index contributed by atoms with van der Waals surface area (Å²) in [6.07, 6.45) is 4.04. The van der Waals surface area contributed by atoms with Crippen molar-refractivity contribution in [1.82, 2.24) is 9.80 Å². The van der Waals surface area contributed by atoms with Gasteiger partial charge in [-0.25, -0.2) is 0 Å². The van der Waals surface area contributed by atoms with Crippen molar-refractivity contribution in [2.24, 2.45) is 0 Å². The Morgan fingerprint density at radius 1 is 1.26 bits per heavy atom. The van der Waals surface area contributed by atoms with E-state index < -0.39 is 0 Å². The Hall–Kier alpha value is -1.54. The van der Waals surface area contributed by atoms with Gasteiger partial charge in [0.25, 0.3) is 5.91 Å². The lowest BCUT2D eigenvalue weighted by molar-refractivity contribution is -0.138. The molecule has 2 aliphatic rings. The van der Waals surface area contributed by atoms with E-state index in [4.69, 9.17) is 4.74 Å². The van der Waals surface area contributed by atoms with E-state index >= 15 is 0 Å². The second kappa shape index (κ2) is 6.07. The first-order valence-electron chi connectivity index (χ1n) is 6.91. The molecule has 0 bridgehead atoms. The minimum absolute atomic E-state index is 0.0272. The lowest BCUT2D eigenvalue weighted by atomic mass is 10.2. The Balaban J connectivity index is 2.05. The van der Waals surface area contributed by atoms with Crippen LogP contribution in [-0.2, 0) is 9.53 Å². The maximum absolute atomic E-state index is 12.4. The third-order valence-electron chi connectivity index (χ3n) is 3.51. The van der Waals surface area contributed by atoms with E-state index in [9.17, 15) is 10.1 Å². The minimum Gasteiger partial charge on any atom is -0.376 e. The maximum Gasteiger partial charge on any atom is 0.266 e. The van der Waals surface area contributed by atoms with Gasteiger partial charge in [0.1, 0.15) is 11.6 Å². The summed E-state index contributed by atoms with van der Waals surface area (Å²) in [7, 11) is 0. The second-order valence-corrected chi connectivity index (χ2v) is 5.37. The normalized spacial score (nSPS) is 28.4. The summed E-state index contributed by atoms with van der Waals surface area (Å²) < 4.78 is 5.61. The van der Waals surface area contributed by atoms with Gasteiger partial charge in [0, 0.05) is 32.4 Å². The Kier molecular flexibility index (Phi) is 4.43. The number of hydrogen-bond donors (Lipinski definition) is 0. The Bertz CT molecular complexity index is 397. The second-order valence-electron chi connectivity index (χ2n) is 5.37. The quantitative estimate of drug-likeness (QED) is 0.553. The molecule has 0 spiro atoms. The van der Waals surface area contributed by atoms with E-state index in [-0.39, 0.29) is 23.7 Å². The fourth-order valence-corrected chi connectivity index (χ4v) is 2.70. The van der Waals surface area contributed by atoms with Gasteiger partial charge in [-0.15, -0.1) is 0 Å². The van der Waals surface area contributed by atoms with E-state index in [1.54, 1.807) is 11.1 Å². The zero-order chi connectivity index (χ0) is 13.8. The summed E-state index contributed by atoms with van der Waals surface area (Å²) in [5.74, 6) is -0.170. The summed E-state index contributed by atoms with van der Waals surface area (Å²) in [4.78, 5) is 16.1. The highest BCUT2D eigenvalue weighted by molar-refractivity contribution is 5.97. The fraction of sp³-hybridized carbons (Fsp3) is 0.714. The number of carbonyl (C=O) groups excluding carboxylic acids is 1. The molecule has 2 rings (SSSR count). The van der Waals surface area contributed by atoms with Crippen LogP contribution >= 0.6 is 0 Å². The Labute approximate surface area is 114 Å². The lowest BCUT2D eigenvalue weighted by Gasteiger charge is -2.35. The van der Waals surface area contributed by atoms with Crippen molar-refractivity contribution >= 4 is 5.91 Å². The molecular formula is C14H21N3O2. The van der Waals surface area contributed by atoms with Crippen LogP contribution < -0.4 is 0 Å². The first-order chi connectivity index (χ1) is 9.10. The minimum atomic E-state index is -0.170. The summed E-state index contributed by atoms with van der Waals surface area (Å²) in [5.41, 5.74) is 0.239. The molecule has 0 aliphatic carbocycles. The molecular weight excluding hydrogens is 242 g/mol. The summed E-state index contributed by atoms with van der Waals surface area (Å²) in [5, 5.41) is 9.20. The Morgan fingerprint density at radius 2 is 1.84 bits per heavy atom. The fourth-order valence-electron chi connectivity index (χ4n) is 2.70. The van der Waals surface area contributed by atoms with Crippen LogP contribution in [0.5, 0.6) is 0 Å². The number of ether oxygens (including phenoxy) is 1. The number of amides is 1. The van der Waals surface area contributed by atoms with Gasteiger partial charge in [0.15, 0.2) is 0 Å². The van der Waals surface area contributed by atoms with E-state index in [1.165, 1.54) is 0 Å². The smallest absolute Gasteiger partial charge is 0.266 e. The molecule has 5 nitrogen and oxygen atoms in total. The van der Waals surface area contributed by atoms with Crippen LogP contribution in [0.15, 0.2) is 11.8 Å². The molecule has 0 N–H and O–H groups in total. The van der Waals surface area contributed by atoms with Gasteiger partial charge in [-0.05, 0) is 26.7 Å². The van der Waals surface area contributed by atoms with Crippen LogP contribution in [0.2, 0.25) is 0 Å². The van der Waals surface area contributed by atoms with Crippen molar-refractivity contribution in [2.45, 2.75) is 38.9 Å². The summed E-state index contributed by atoms with van der Waals surface area (Å²) >= 11 is 0. The molecule has 0 aromatic rings. The number of nitrogens with zero attached hydrogens (tertiary/aromatic N) is 3. The Morgan fingerprint density at radius 3 is 2.37 bits per heavy atom. The van der Waals surface area contributed by atoms with E-state index in [0.717, 1.165) is 25.9 Å². The van der Waals surface area contributed by atoms with Gasteiger partial charge < -0.3 is 14.5 Å². The number of likely N-dealkylation sites (tertiary alicyclic amines) is 1. The number of nitriles is 1. The van der Waals surface area contributed by atoms with Crippen molar-refractivity contribution in [3.63, 3.8) is 0 Å². The summed E-state index contributed by atoms with van der Waals surface area (Å²) in [6.45, 7) is 6.89. The largest absolute Gasteiger partial charge is 0.376 e. The van der Waals surface area contributed by atoms with Crippen molar-refractivity contribution in [3.05, 3.63) is 11.8 Å². The third-order valence-corrected chi connectivity index (χ3v) is 3.51. The molecule has 19 heavy (non-hydrogen) atoms. The molecule has 2 fully saturated rings. The molecule has 2 heterocycles. The van der Waals surface area contributed by atoms with Crippen LogP contribution in [-0.4, -0.2) is 54.1 Å². The highest BCUT2D eigenvalue weighted by Crippen LogP contribution is 2.15. The van der Waals surface area contributed by atoms with Crippen molar-refractivity contribution < 1.29 is 9.53 Å². The molecule has 2 saturated heterocycles. The molecule has 1 amide bonds. The third kappa shape index (κ3) is 3.48. The number of rotatable bonds is 2. The van der Waals surface area contributed by atoms with Gasteiger partial charge >= 0.3 is 0 Å². The first-order valence-corrected chi connectivity index (χ1v) is 6.91. The summed E-state index contributed by atoms with van der Waals surface area (Å²) in [6, 6.07) is 2.04. The topological polar surface area (TPSA) is 56.6 Å². The highest BCUT2D eigenvalue weighted by Gasteiger charge is 2.28. The predicted molar refractivity (Wildman–Crippen MR) is 71.1 cm³/mol. The highest BCUT2D eigenvalue weighted by atomic mass is 16.5. The van der Waals surface area contributed by atoms with Crippen LogP contribution in [0, 0.1) is 11.3 Å². The molecule has 104 valence electrons. The molecule has 0 radical (unpaired) electrons. The number of carbonyl (C=O) groups is 1. The van der Waals surface area contributed by atoms with Crippen LogP contribution in [0.3, 0.4) is 0 Å². The van der Waals surface area contributed by atoms with Gasteiger partial charge in [-0.2, -0.15) is 5.26 Å². The van der Waals surface area contributed by atoms with Gasteiger partial charge in [-0.1, -0.05) is 0 Å². The van der Waals surface area contributed by atoms with Gasteiger partial charge in [-0.3, -0.25) is 4.79 Å². The number of morpholine rings is 1. The molecule has 2 aliphatic heterocycles. The first kappa shape index (κ1) is 13.9. The SMILES string of the molecule is CC1CN(C(=O)/C(C#N)=C\N2CCCC2)CC(C)O1. The van der Waals surface area contributed by atoms with Crippen molar-refractivity contribution in [2.75, 3.05) is 26.2 Å². The zero-order valence-corrected chi connectivity index (χ0v) is 11.6. The molecule has 2 atom stereocenters. The zero-order valence-electron chi connectivity index (χ0n) is 11.6. The van der Waals surface area contributed by atoms with Crippen molar-refractivity contribution in [3.8, 4) is 6.07 Å². The van der Waals surface area contributed by atoms with E-state index in [1.807, 2.05) is 19.9 Å². The predicted octanol–water partition coefficient (Wildman–Crippen LogP) is 1.13. The van der Waals surface area contributed by atoms with E-state index in [2.05, 4.69) is 4.90 Å². The number of hydrogen-bond acceptors (Lipinski definition) is 4. The molecule has 0 aromatic heterocycles. The van der Waals surface area contributed by atoms with Gasteiger partial charge in [0.05, 0.1) is 12.2 Å². The molecule has 0 saturated carbocycles. The van der Waals surface area contributed by atoms with Gasteiger partial charge in [0.2, 0.25) is 0 Å². The van der Waals surface area contributed by atoms with Crippen LogP contribution in [0.25, 0.3) is 0 Å². The molecule has 5 heteroatoms. The standard InChI is InChI=1S/C14H21N3O2/c1-11-8-17(9-12(2)19-11)14(18)13(7-15)10-16-5-3-4-6-16/h10-12H,3-6,8-9H2,1-2H3/b13-10-. The molecule has 0 aromatic carbocycles. The average molecular weight is 263 g/mol. The molecule has 2 unspecified atom stereocenters.